The van der Waals surface area contributed by atoms with Crippen molar-refractivity contribution in [2.45, 2.75) is 112 Å². The minimum Gasteiger partial charge on any atom is -0.493 e. The van der Waals surface area contributed by atoms with E-state index in [0.29, 0.717) is 118 Å². The van der Waals surface area contributed by atoms with Gasteiger partial charge in [-0.2, -0.15) is 11.8 Å². The molecule has 7 amide bonds. The van der Waals surface area contributed by atoms with Crippen molar-refractivity contribution < 1.29 is 57.2 Å². The fourth-order valence-electron chi connectivity index (χ4n) is 8.53. The maximum atomic E-state index is 13.6. The SMILES string of the molecule is CCc1cnc(CCOc2ccc(CC3SC(=O)NC3=O)cc2)cc1OC(=O)C[C@@H](NC(=O)c1ccc(C2(C)NN2)cc1)C(=O)NCCCOCCOCCOCCCNC(=O)CCCC[C@@H]1SC[C@@H]2NC(=O)N[C@@H]21. The molecule has 406 valence electrons. The highest BCUT2D eigenvalue weighted by Crippen LogP contribution is 2.33. The number of unbranched alkanes of at least 4 members (excludes halogenated alkanes) is 1. The van der Waals surface area contributed by atoms with Crippen LogP contribution in [0.25, 0.3) is 0 Å². The fourth-order valence-corrected chi connectivity index (χ4v) is 10.9. The van der Waals surface area contributed by atoms with E-state index in [1.54, 1.807) is 36.5 Å². The number of hydrogen-bond donors (Lipinski definition) is 8. The summed E-state index contributed by atoms with van der Waals surface area (Å²) in [5.41, 5.74) is 9.17. The van der Waals surface area contributed by atoms with E-state index < -0.39 is 35.5 Å². The lowest BCUT2D eigenvalue weighted by Crippen LogP contribution is -2.48. The van der Waals surface area contributed by atoms with E-state index in [-0.39, 0.29) is 54.0 Å². The van der Waals surface area contributed by atoms with Gasteiger partial charge in [0.05, 0.1) is 56.8 Å². The molecule has 5 heterocycles. The first-order chi connectivity index (χ1) is 36.3. The van der Waals surface area contributed by atoms with Gasteiger partial charge in [0.1, 0.15) is 23.2 Å². The second kappa shape index (κ2) is 28.9. The molecular weight excluding hydrogens is 1010 g/mol. The van der Waals surface area contributed by atoms with E-state index in [9.17, 15) is 33.6 Å². The van der Waals surface area contributed by atoms with Gasteiger partial charge in [-0.3, -0.25) is 39.1 Å². The largest absolute Gasteiger partial charge is 0.493 e. The van der Waals surface area contributed by atoms with Crippen LogP contribution in [-0.2, 0) is 58.3 Å². The van der Waals surface area contributed by atoms with E-state index in [0.717, 1.165) is 47.9 Å². The number of amides is 7. The number of nitrogens with zero attached hydrogens (tertiary/aromatic N) is 1. The van der Waals surface area contributed by atoms with E-state index >= 15 is 0 Å². The molecule has 4 fully saturated rings. The molecule has 0 bridgehead atoms. The van der Waals surface area contributed by atoms with E-state index in [2.05, 4.69) is 47.7 Å². The molecule has 1 aromatic heterocycles. The topological polar surface area (TPSA) is 295 Å². The minimum absolute atomic E-state index is 0.0373. The first-order valence-corrected chi connectivity index (χ1v) is 27.6. The van der Waals surface area contributed by atoms with Crippen LogP contribution >= 0.6 is 23.5 Å². The average molecular weight is 1080 g/mol. The Kier molecular flexibility index (Phi) is 21.9. The van der Waals surface area contributed by atoms with Crippen LogP contribution in [0.2, 0.25) is 0 Å². The Morgan fingerprint density at radius 3 is 2.23 bits per heavy atom. The number of urea groups is 1. The van der Waals surface area contributed by atoms with Crippen LogP contribution in [0.3, 0.4) is 0 Å². The number of hydrogen-bond acceptors (Lipinski definition) is 17. The van der Waals surface area contributed by atoms with Gasteiger partial charge in [-0.25, -0.2) is 15.6 Å². The van der Waals surface area contributed by atoms with Gasteiger partial charge in [-0.15, -0.1) is 0 Å². The van der Waals surface area contributed by atoms with Gasteiger partial charge in [-0.05, 0) is 80.8 Å². The lowest BCUT2D eigenvalue weighted by Gasteiger charge is -2.19. The lowest BCUT2D eigenvalue weighted by molar-refractivity contribution is -0.137. The van der Waals surface area contributed by atoms with Gasteiger partial charge < -0.3 is 50.3 Å². The van der Waals surface area contributed by atoms with Crippen molar-refractivity contribution in [1.29, 1.82) is 0 Å². The molecule has 23 heteroatoms. The van der Waals surface area contributed by atoms with E-state index in [1.165, 1.54) is 0 Å². The third-order valence-electron chi connectivity index (χ3n) is 12.9. The van der Waals surface area contributed by atoms with Gasteiger partial charge in [0, 0.05) is 79.2 Å². The van der Waals surface area contributed by atoms with Gasteiger partial charge in [-0.1, -0.05) is 49.4 Å². The molecule has 4 aliphatic heterocycles. The second-order valence-electron chi connectivity index (χ2n) is 18.7. The van der Waals surface area contributed by atoms with Crippen molar-refractivity contribution in [3.05, 3.63) is 88.7 Å². The predicted molar refractivity (Wildman–Crippen MR) is 281 cm³/mol. The van der Waals surface area contributed by atoms with Gasteiger partial charge in [0.25, 0.3) is 11.1 Å². The van der Waals surface area contributed by atoms with Crippen LogP contribution < -0.4 is 52.2 Å². The number of aromatic nitrogens is 1. The maximum absolute atomic E-state index is 13.6. The van der Waals surface area contributed by atoms with Crippen molar-refractivity contribution in [3.63, 3.8) is 0 Å². The normalized spacial score (nSPS) is 19.6. The van der Waals surface area contributed by atoms with Crippen molar-refractivity contribution >= 4 is 64.4 Å². The van der Waals surface area contributed by atoms with Crippen LogP contribution in [-0.4, -0.2) is 140 Å². The van der Waals surface area contributed by atoms with Crippen LogP contribution in [0, 0.1) is 0 Å². The number of esters is 1. The first-order valence-electron chi connectivity index (χ1n) is 25.7. The molecule has 0 radical (unpaired) electrons. The van der Waals surface area contributed by atoms with Gasteiger partial charge >= 0.3 is 12.0 Å². The third-order valence-corrected chi connectivity index (χ3v) is 15.4. The Balaban J connectivity index is 0.765. The summed E-state index contributed by atoms with van der Waals surface area (Å²) in [7, 11) is 0. The Hall–Kier alpha value is -5.82. The van der Waals surface area contributed by atoms with Crippen molar-refractivity contribution in [2.75, 3.05) is 65.1 Å². The molecule has 7 rings (SSSR count). The summed E-state index contributed by atoms with van der Waals surface area (Å²) in [6, 6.07) is 15.0. The number of carbonyl (C=O) groups is 7. The zero-order valence-electron chi connectivity index (χ0n) is 42.5. The molecule has 0 saturated carbocycles. The number of nitrogens with one attached hydrogen (secondary N) is 8. The van der Waals surface area contributed by atoms with Crippen molar-refractivity contribution in [3.8, 4) is 11.5 Å². The molecule has 0 spiro atoms. The van der Waals surface area contributed by atoms with Gasteiger partial charge in [0.2, 0.25) is 17.7 Å². The molecule has 4 saturated heterocycles. The Morgan fingerprint density at radius 1 is 0.840 bits per heavy atom. The molecule has 5 atom stereocenters. The van der Waals surface area contributed by atoms with Crippen LogP contribution in [0.4, 0.5) is 9.59 Å². The number of rotatable bonds is 33. The number of pyridine rings is 1. The molecule has 75 heavy (non-hydrogen) atoms. The average Bonchev–Trinajstić information content (AvgIpc) is 3.70. The lowest BCUT2D eigenvalue weighted by atomic mass is 10.0. The molecule has 4 aliphatic rings. The number of carbonyl (C=O) groups excluding carboxylic acids is 7. The summed E-state index contributed by atoms with van der Waals surface area (Å²) < 4.78 is 28.7. The summed E-state index contributed by atoms with van der Waals surface area (Å²) in [5, 5.41) is 16.4. The quantitative estimate of drug-likeness (QED) is 0.0188. The number of imide groups is 1. The van der Waals surface area contributed by atoms with E-state index in [1.807, 2.05) is 49.9 Å². The molecule has 21 nitrogen and oxygen atoms in total. The molecule has 2 aromatic carbocycles. The second-order valence-corrected chi connectivity index (χ2v) is 21.1. The molecule has 8 N–H and O–H groups in total. The number of aryl methyl sites for hydroxylation is 1. The maximum Gasteiger partial charge on any atom is 0.315 e. The Labute approximate surface area is 445 Å². The molecule has 0 aliphatic carbocycles. The highest BCUT2D eigenvalue weighted by molar-refractivity contribution is 8.15. The molecule has 3 aromatic rings. The van der Waals surface area contributed by atoms with Crippen LogP contribution in [0.1, 0.15) is 91.5 Å². The third kappa shape index (κ3) is 18.2. The predicted octanol–water partition coefficient (Wildman–Crippen LogP) is 3.32. The van der Waals surface area contributed by atoms with Gasteiger partial charge in [0.15, 0.2) is 0 Å². The first kappa shape index (κ1) is 56.9. The number of hydrazine groups is 1. The zero-order chi connectivity index (χ0) is 53.0. The monoisotopic (exact) mass is 1080 g/mol. The van der Waals surface area contributed by atoms with Crippen molar-refractivity contribution in [2.24, 2.45) is 0 Å². The molecule has 1 unspecified atom stereocenters. The Morgan fingerprint density at radius 2 is 1.55 bits per heavy atom. The summed E-state index contributed by atoms with van der Waals surface area (Å²) in [6.45, 7) is 7.25. The van der Waals surface area contributed by atoms with Crippen LogP contribution in [0.5, 0.6) is 11.5 Å². The summed E-state index contributed by atoms with van der Waals surface area (Å²) in [5.74, 6) is -0.218. The Bertz CT molecular complexity index is 2430. The number of ether oxygens (including phenoxy) is 5. The standard InChI is InChI=1S/C52H69N9O12S2/c1-3-34-31-55-37(18-23-72-38-16-10-33(11-17-38)28-43-49(66)59-51(68)75-43)29-41(34)73-45(63)30-39(56-47(64)35-12-14-36(15-13-35)52(2)60-61-52)48(65)54-20-7-22-70-25-27-71-26-24-69-21-6-19-53-44(62)9-5-4-8-42-46-40(32-74-42)57-50(67)58-46/h10-17,29,31,39-40,42-43,46,60-61H,3-9,18-28,30,32H2,1-2H3,(H,53,62)(H,54,65)(H,56,64)(H2,57,58,67)(H,59,66,68)/t39-,40+,42+,43?,46+/m1/s1. The fraction of sp³-hybridized carbons (Fsp3) is 0.538. The highest BCUT2D eigenvalue weighted by atomic mass is 32.2. The van der Waals surface area contributed by atoms with Crippen LogP contribution in [0.15, 0.2) is 60.8 Å². The number of benzene rings is 2. The number of fused-ring (bicyclic) bond motifs is 1. The highest BCUT2D eigenvalue weighted by Gasteiger charge is 2.42. The summed E-state index contributed by atoms with van der Waals surface area (Å²) in [4.78, 5) is 92.4. The zero-order valence-corrected chi connectivity index (χ0v) is 44.1. The number of thioether (sulfide) groups is 2. The van der Waals surface area contributed by atoms with Crippen molar-refractivity contribution in [1.82, 2.24) is 47.7 Å². The van der Waals surface area contributed by atoms with E-state index in [4.69, 9.17) is 23.7 Å². The summed E-state index contributed by atoms with van der Waals surface area (Å²) >= 11 is 2.87. The summed E-state index contributed by atoms with van der Waals surface area (Å²) in [6.07, 6.45) is 6.93. The smallest absolute Gasteiger partial charge is 0.315 e. The minimum atomic E-state index is -1.25. The molecular formula is C52H69N9O12S2.